The summed E-state index contributed by atoms with van der Waals surface area (Å²) >= 11 is 0. The summed E-state index contributed by atoms with van der Waals surface area (Å²) in [4.78, 5) is 31.7. The smallest absolute Gasteiger partial charge is 0.409 e. The van der Waals surface area contributed by atoms with Crippen LogP contribution in [-0.2, 0) is 11.2 Å². The third-order valence-electron chi connectivity index (χ3n) is 7.36. The molecule has 2 aromatic rings. The number of anilines is 1. The Balaban J connectivity index is 1.45. The van der Waals surface area contributed by atoms with Crippen molar-refractivity contribution in [2.24, 2.45) is 10.8 Å². The van der Waals surface area contributed by atoms with E-state index in [-0.39, 0.29) is 17.4 Å². The minimum absolute atomic E-state index is 0.148. The number of hydrogen-bond donors (Lipinski definition) is 0. The lowest BCUT2D eigenvalue weighted by molar-refractivity contribution is -0.196. The molecule has 6 nitrogen and oxygen atoms in total. The first-order valence-corrected chi connectivity index (χ1v) is 11.2. The van der Waals surface area contributed by atoms with Gasteiger partial charge in [-0.05, 0) is 56.1 Å². The van der Waals surface area contributed by atoms with E-state index in [9.17, 15) is 9.59 Å². The molecule has 164 valence electrons. The van der Waals surface area contributed by atoms with Crippen molar-refractivity contribution in [1.82, 2.24) is 9.80 Å². The molecule has 0 N–H and O–H groups in total. The van der Waals surface area contributed by atoms with Gasteiger partial charge in [-0.15, -0.1) is 0 Å². The van der Waals surface area contributed by atoms with E-state index < -0.39 is 0 Å². The van der Waals surface area contributed by atoms with Gasteiger partial charge in [0, 0.05) is 38.1 Å². The summed E-state index contributed by atoms with van der Waals surface area (Å²) in [7, 11) is 5.71. The fourth-order valence-electron chi connectivity index (χ4n) is 5.95. The lowest BCUT2D eigenvalue weighted by Gasteiger charge is -2.68. The van der Waals surface area contributed by atoms with E-state index in [1.54, 1.807) is 11.9 Å². The summed E-state index contributed by atoms with van der Waals surface area (Å²) in [6, 6.07) is 9.93. The van der Waals surface area contributed by atoms with Gasteiger partial charge in [0.05, 0.1) is 11.1 Å². The first-order chi connectivity index (χ1) is 14.7. The molecule has 0 unspecified atom stereocenters. The zero-order chi connectivity index (χ0) is 22.0. The third-order valence-corrected chi connectivity index (χ3v) is 7.36. The molecule has 2 bridgehead atoms. The van der Waals surface area contributed by atoms with Gasteiger partial charge >= 0.3 is 6.09 Å². The molecule has 3 aliphatic carbocycles. The Hall–Kier alpha value is -2.60. The predicted molar refractivity (Wildman–Crippen MR) is 122 cm³/mol. The van der Waals surface area contributed by atoms with E-state index in [0.29, 0.717) is 24.3 Å². The first-order valence-electron chi connectivity index (χ1n) is 11.2. The van der Waals surface area contributed by atoms with Gasteiger partial charge < -0.3 is 19.4 Å². The number of benzene rings is 2. The van der Waals surface area contributed by atoms with Crippen LogP contribution in [0.15, 0.2) is 30.3 Å². The number of amides is 2. The van der Waals surface area contributed by atoms with Gasteiger partial charge in [-0.3, -0.25) is 4.79 Å². The van der Waals surface area contributed by atoms with E-state index >= 15 is 0 Å². The molecule has 2 amide bonds. The monoisotopic (exact) mass is 421 g/mol. The molecule has 31 heavy (non-hydrogen) atoms. The lowest BCUT2D eigenvalue weighted by atomic mass is 9.35. The normalized spacial score (nSPS) is 25.8. The molecular weight excluding hydrogens is 390 g/mol. The van der Waals surface area contributed by atoms with Crippen LogP contribution < -0.4 is 9.64 Å². The van der Waals surface area contributed by atoms with E-state index in [1.165, 1.54) is 5.56 Å². The van der Waals surface area contributed by atoms with Crippen LogP contribution in [0.25, 0.3) is 10.8 Å². The number of fused-ring (bicyclic) bond motifs is 3. The third kappa shape index (κ3) is 3.19. The fourth-order valence-corrected chi connectivity index (χ4v) is 5.95. The Morgan fingerprint density at radius 3 is 2.39 bits per heavy atom. The average Bonchev–Trinajstić information content (AvgIpc) is 3.12. The van der Waals surface area contributed by atoms with Gasteiger partial charge in [0.1, 0.15) is 5.75 Å². The van der Waals surface area contributed by atoms with Crippen molar-refractivity contribution in [3.05, 3.63) is 35.9 Å². The summed E-state index contributed by atoms with van der Waals surface area (Å²) in [5.41, 5.74) is 2.34. The van der Waals surface area contributed by atoms with Gasteiger partial charge in [0.25, 0.3) is 0 Å². The first kappa shape index (κ1) is 20.3. The van der Waals surface area contributed by atoms with E-state index in [2.05, 4.69) is 13.0 Å². The van der Waals surface area contributed by atoms with Gasteiger partial charge in [0.2, 0.25) is 5.91 Å². The second kappa shape index (κ2) is 6.95. The molecule has 0 saturated heterocycles. The average molecular weight is 422 g/mol. The summed E-state index contributed by atoms with van der Waals surface area (Å²) in [5, 5.41) is 1.99. The Bertz CT molecular complexity index is 1060. The molecule has 6 heteroatoms. The number of ether oxygens (including phenoxy) is 1. The van der Waals surface area contributed by atoms with Gasteiger partial charge in [-0.1, -0.05) is 31.2 Å². The van der Waals surface area contributed by atoms with Crippen LogP contribution in [0.5, 0.6) is 5.75 Å². The minimum atomic E-state index is -0.379. The van der Waals surface area contributed by atoms with Crippen LogP contribution in [0.2, 0.25) is 0 Å². The molecule has 0 spiro atoms. The van der Waals surface area contributed by atoms with Crippen molar-refractivity contribution in [1.29, 1.82) is 0 Å². The summed E-state index contributed by atoms with van der Waals surface area (Å²) in [5.74, 6) is 0.783. The SMILES string of the molecule is CN(C)CCN(C)C(=O)Oc1cc2c(c3ccccc13)CCN2C(=O)C12CC(C)(C1)C2. The largest absolute Gasteiger partial charge is 0.415 e. The molecule has 3 fully saturated rings. The Morgan fingerprint density at radius 1 is 1.06 bits per heavy atom. The van der Waals surface area contributed by atoms with Crippen molar-refractivity contribution < 1.29 is 14.3 Å². The van der Waals surface area contributed by atoms with Crippen LogP contribution in [0.3, 0.4) is 0 Å². The lowest BCUT2D eigenvalue weighted by Crippen LogP contribution is -2.66. The molecule has 6 rings (SSSR count). The van der Waals surface area contributed by atoms with Crippen LogP contribution in [0.1, 0.15) is 31.7 Å². The van der Waals surface area contributed by atoms with Crippen molar-refractivity contribution >= 4 is 28.5 Å². The molecule has 3 saturated carbocycles. The molecule has 2 aromatic carbocycles. The molecule has 0 atom stereocenters. The van der Waals surface area contributed by atoms with E-state index in [4.69, 9.17) is 4.74 Å². The van der Waals surface area contributed by atoms with Crippen molar-refractivity contribution in [3.63, 3.8) is 0 Å². The topological polar surface area (TPSA) is 53.1 Å². The van der Waals surface area contributed by atoms with Gasteiger partial charge in [-0.25, -0.2) is 4.79 Å². The number of hydrogen-bond acceptors (Lipinski definition) is 4. The standard InChI is InChI=1S/C25H31N3O3/c1-24-14-25(15-24,16-24)22(29)28-10-9-18-17-7-5-6-8-19(17)21(13-20(18)28)31-23(30)27(4)12-11-26(2)3/h5-8,13H,9-12,14-16H2,1-4H3. The molecule has 0 radical (unpaired) electrons. The Kier molecular flexibility index (Phi) is 4.56. The van der Waals surface area contributed by atoms with Crippen LogP contribution in [0, 0.1) is 10.8 Å². The van der Waals surface area contributed by atoms with Crippen molar-refractivity contribution in [2.45, 2.75) is 32.6 Å². The minimum Gasteiger partial charge on any atom is -0.409 e. The molecule has 0 aromatic heterocycles. The number of nitrogens with zero attached hydrogens (tertiary/aromatic N) is 3. The zero-order valence-corrected chi connectivity index (χ0v) is 18.9. The summed E-state index contributed by atoms with van der Waals surface area (Å²) in [6.45, 7) is 4.33. The Labute approximate surface area is 183 Å². The molecule has 1 aliphatic heterocycles. The molecular formula is C25H31N3O3. The van der Waals surface area contributed by atoms with Crippen LogP contribution >= 0.6 is 0 Å². The highest BCUT2D eigenvalue weighted by Gasteiger charge is 2.69. The highest BCUT2D eigenvalue weighted by Crippen LogP contribution is 2.73. The maximum Gasteiger partial charge on any atom is 0.415 e. The van der Waals surface area contributed by atoms with Crippen LogP contribution in [-0.4, -0.2) is 62.6 Å². The summed E-state index contributed by atoms with van der Waals surface area (Å²) < 4.78 is 5.86. The van der Waals surface area contributed by atoms with Gasteiger partial charge in [-0.2, -0.15) is 0 Å². The van der Waals surface area contributed by atoms with Crippen molar-refractivity contribution in [3.8, 4) is 5.75 Å². The highest BCUT2D eigenvalue weighted by atomic mass is 16.6. The quantitative estimate of drug-likeness (QED) is 0.735. The number of carbonyl (C=O) groups is 2. The Morgan fingerprint density at radius 2 is 1.74 bits per heavy atom. The highest BCUT2D eigenvalue weighted by molar-refractivity contribution is 6.06. The van der Waals surface area contributed by atoms with Crippen molar-refractivity contribution in [2.75, 3.05) is 45.7 Å². The predicted octanol–water partition coefficient (Wildman–Crippen LogP) is 3.91. The summed E-state index contributed by atoms with van der Waals surface area (Å²) in [6.07, 6.45) is 3.49. The van der Waals surface area contributed by atoms with Gasteiger partial charge in [0.15, 0.2) is 0 Å². The maximum absolute atomic E-state index is 13.4. The molecule has 1 heterocycles. The molecule has 4 aliphatic rings. The number of likely N-dealkylation sites (N-methyl/N-ethyl adjacent to an activating group) is 2. The van der Waals surface area contributed by atoms with E-state index in [0.717, 1.165) is 48.7 Å². The van der Waals surface area contributed by atoms with E-state index in [1.807, 2.05) is 48.2 Å². The second-order valence-corrected chi connectivity index (χ2v) is 10.3. The maximum atomic E-state index is 13.4. The second-order valence-electron chi connectivity index (χ2n) is 10.3. The zero-order valence-electron chi connectivity index (χ0n) is 18.9. The number of rotatable bonds is 5. The fraction of sp³-hybridized carbons (Fsp3) is 0.520. The van der Waals surface area contributed by atoms with Crippen LogP contribution in [0.4, 0.5) is 10.5 Å². The number of carbonyl (C=O) groups excluding carboxylic acids is 2.